The van der Waals surface area contributed by atoms with Crippen molar-refractivity contribution in [2.75, 3.05) is 23.3 Å². The molecule has 1 saturated carbocycles. The molecule has 2 fully saturated rings. The lowest BCUT2D eigenvalue weighted by Gasteiger charge is -2.33. The highest BCUT2D eigenvalue weighted by Gasteiger charge is 2.28. The van der Waals surface area contributed by atoms with Gasteiger partial charge in [-0.25, -0.2) is 14.4 Å². The number of piperidine rings is 1. The van der Waals surface area contributed by atoms with Crippen molar-refractivity contribution in [1.82, 2.24) is 15.0 Å². The second-order valence-electron chi connectivity index (χ2n) is 7.41. The summed E-state index contributed by atoms with van der Waals surface area (Å²) in [5.41, 5.74) is 1.64. The van der Waals surface area contributed by atoms with Crippen LogP contribution in [0.25, 0.3) is 11.0 Å². The Bertz CT molecular complexity index is 985. The topological polar surface area (TPSA) is 63.2 Å². The largest absolute Gasteiger partial charge is 0.487 e. The third-order valence-corrected chi connectivity index (χ3v) is 5.24. The molecule has 28 heavy (non-hydrogen) atoms. The van der Waals surface area contributed by atoms with Crippen molar-refractivity contribution in [1.29, 1.82) is 0 Å². The van der Waals surface area contributed by atoms with Crippen LogP contribution in [-0.2, 0) is 0 Å². The maximum absolute atomic E-state index is 13.8. The average molecular weight is 379 g/mol. The molecule has 0 atom stereocenters. The molecule has 1 aromatic carbocycles. The van der Waals surface area contributed by atoms with Gasteiger partial charge in [0.15, 0.2) is 23.2 Å². The van der Waals surface area contributed by atoms with Gasteiger partial charge in [-0.3, -0.25) is 4.98 Å². The number of ether oxygens (including phenoxy) is 1. The van der Waals surface area contributed by atoms with Gasteiger partial charge in [0.1, 0.15) is 11.6 Å². The number of nitrogens with one attached hydrogen (secondary N) is 1. The van der Waals surface area contributed by atoms with Crippen LogP contribution in [0.15, 0.2) is 42.7 Å². The number of pyridine rings is 1. The summed E-state index contributed by atoms with van der Waals surface area (Å²) in [7, 11) is 0. The molecule has 5 rings (SSSR count). The Kier molecular flexibility index (Phi) is 4.43. The SMILES string of the molecule is Fc1ccccc1OC1CCN(c2nc3cnccc3nc2NC2CC2)CC1. The average Bonchev–Trinajstić information content (AvgIpc) is 3.54. The summed E-state index contributed by atoms with van der Waals surface area (Å²) in [5, 5.41) is 3.52. The first-order valence-corrected chi connectivity index (χ1v) is 9.81. The Morgan fingerprint density at radius 2 is 1.82 bits per heavy atom. The first kappa shape index (κ1) is 17.2. The predicted molar refractivity (Wildman–Crippen MR) is 106 cm³/mol. The van der Waals surface area contributed by atoms with E-state index in [0.29, 0.717) is 11.8 Å². The molecule has 0 bridgehead atoms. The minimum Gasteiger partial charge on any atom is -0.487 e. The number of rotatable bonds is 5. The first-order valence-electron chi connectivity index (χ1n) is 9.81. The van der Waals surface area contributed by atoms with Crippen LogP contribution in [0.3, 0.4) is 0 Å². The van der Waals surface area contributed by atoms with Gasteiger partial charge in [0.2, 0.25) is 0 Å². The summed E-state index contributed by atoms with van der Waals surface area (Å²) in [6.45, 7) is 1.58. The quantitative estimate of drug-likeness (QED) is 0.728. The zero-order valence-electron chi connectivity index (χ0n) is 15.5. The second kappa shape index (κ2) is 7.22. The fraction of sp³-hybridized carbons (Fsp3) is 0.381. The molecule has 1 aliphatic carbocycles. The van der Waals surface area contributed by atoms with Crippen LogP contribution >= 0.6 is 0 Å². The van der Waals surface area contributed by atoms with Gasteiger partial charge in [-0.2, -0.15) is 0 Å². The molecule has 1 aliphatic heterocycles. The second-order valence-corrected chi connectivity index (χ2v) is 7.41. The Labute approximate surface area is 162 Å². The zero-order chi connectivity index (χ0) is 18.9. The van der Waals surface area contributed by atoms with E-state index in [9.17, 15) is 4.39 Å². The maximum atomic E-state index is 13.8. The van der Waals surface area contributed by atoms with Crippen LogP contribution < -0.4 is 15.0 Å². The molecular formula is C21H22FN5O. The number of hydrogen-bond acceptors (Lipinski definition) is 6. The van der Waals surface area contributed by atoms with E-state index < -0.39 is 0 Å². The van der Waals surface area contributed by atoms with Crippen molar-refractivity contribution < 1.29 is 9.13 Å². The van der Waals surface area contributed by atoms with Crippen molar-refractivity contribution in [2.24, 2.45) is 0 Å². The van der Waals surface area contributed by atoms with Crippen molar-refractivity contribution in [3.8, 4) is 5.75 Å². The number of nitrogens with zero attached hydrogens (tertiary/aromatic N) is 4. The van der Waals surface area contributed by atoms with Crippen molar-refractivity contribution >= 4 is 22.7 Å². The minimum absolute atomic E-state index is 0.00285. The van der Waals surface area contributed by atoms with E-state index >= 15 is 0 Å². The molecule has 0 unspecified atom stereocenters. The summed E-state index contributed by atoms with van der Waals surface area (Å²) in [6.07, 6.45) is 7.46. The Balaban J connectivity index is 1.34. The summed E-state index contributed by atoms with van der Waals surface area (Å²) in [4.78, 5) is 16.0. The molecule has 144 valence electrons. The fourth-order valence-electron chi connectivity index (χ4n) is 3.54. The number of para-hydroxylation sites is 1. The molecule has 6 nitrogen and oxygen atoms in total. The third-order valence-electron chi connectivity index (χ3n) is 5.24. The Morgan fingerprint density at radius 3 is 2.61 bits per heavy atom. The molecule has 1 N–H and O–H groups in total. The summed E-state index contributed by atoms with van der Waals surface area (Å²) in [6, 6.07) is 8.96. The Morgan fingerprint density at radius 1 is 1.00 bits per heavy atom. The van der Waals surface area contributed by atoms with E-state index in [1.807, 2.05) is 6.07 Å². The van der Waals surface area contributed by atoms with Gasteiger partial charge in [0.05, 0.1) is 11.7 Å². The lowest BCUT2D eigenvalue weighted by molar-refractivity contribution is 0.163. The van der Waals surface area contributed by atoms with Gasteiger partial charge in [0.25, 0.3) is 0 Å². The normalized spacial score (nSPS) is 17.7. The fourth-order valence-corrected chi connectivity index (χ4v) is 3.54. The van der Waals surface area contributed by atoms with Crippen LogP contribution in [0, 0.1) is 5.82 Å². The van der Waals surface area contributed by atoms with E-state index in [-0.39, 0.29) is 11.9 Å². The predicted octanol–water partition coefficient (Wildman–Crippen LogP) is 3.79. The zero-order valence-corrected chi connectivity index (χ0v) is 15.5. The van der Waals surface area contributed by atoms with Crippen molar-refractivity contribution in [2.45, 2.75) is 37.8 Å². The maximum Gasteiger partial charge on any atom is 0.172 e. The molecule has 2 aromatic heterocycles. The molecule has 3 heterocycles. The lowest BCUT2D eigenvalue weighted by atomic mass is 10.1. The number of anilines is 2. The highest BCUT2D eigenvalue weighted by Crippen LogP contribution is 2.32. The van der Waals surface area contributed by atoms with E-state index in [1.54, 1.807) is 30.6 Å². The van der Waals surface area contributed by atoms with Crippen molar-refractivity contribution in [3.05, 3.63) is 48.5 Å². The molecule has 7 heteroatoms. The molecule has 0 spiro atoms. The van der Waals surface area contributed by atoms with Gasteiger partial charge in [-0.05, 0) is 31.0 Å². The van der Waals surface area contributed by atoms with E-state index in [4.69, 9.17) is 14.7 Å². The van der Waals surface area contributed by atoms with E-state index in [0.717, 1.165) is 48.6 Å². The van der Waals surface area contributed by atoms with Gasteiger partial charge >= 0.3 is 0 Å². The third kappa shape index (κ3) is 3.56. The van der Waals surface area contributed by atoms with Crippen LogP contribution in [0.4, 0.5) is 16.0 Å². The van der Waals surface area contributed by atoms with Crippen LogP contribution in [0.2, 0.25) is 0 Å². The van der Waals surface area contributed by atoms with Crippen LogP contribution in [-0.4, -0.2) is 40.2 Å². The van der Waals surface area contributed by atoms with Crippen LogP contribution in [0.5, 0.6) is 5.75 Å². The van der Waals surface area contributed by atoms with E-state index in [1.165, 1.54) is 18.9 Å². The highest BCUT2D eigenvalue weighted by molar-refractivity contribution is 5.80. The Hall–Kier alpha value is -2.96. The number of benzene rings is 1. The molecule has 1 saturated heterocycles. The number of aromatic nitrogens is 3. The van der Waals surface area contributed by atoms with Gasteiger partial charge in [-0.1, -0.05) is 12.1 Å². The monoisotopic (exact) mass is 379 g/mol. The lowest BCUT2D eigenvalue weighted by Crippen LogP contribution is -2.39. The number of hydrogen-bond donors (Lipinski definition) is 1. The van der Waals surface area contributed by atoms with Gasteiger partial charge in [-0.15, -0.1) is 0 Å². The summed E-state index contributed by atoms with van der Waals surface area (Å²) >= 11 is 0. The first-order chi connectivity index (χ1) is 13.8. The molecule has 0 radical (unpaired) electrons. The number of fused-ring (bicyclic) bond motifs is 1. The van der Waals surface area contributed by atoms with Gasteiger partial charge in [0, 0.05) is 38.2 Å². The highest BCUT2D eigenvalue weighted by atomic mass is 19.1. The van der Waals surface area contributed by atoms with Gasteiger partial charge < -0.3 is 15.0 Å². The standard InChI is InChI=1S/C21H22FN5O/c22-16-3-1-2-4-19(16)28-15-8-11-27(12-9-15)21-20(24-14-5-6-14)25-17-7-10-23-13-18(17)26-21/h1-4,7,10,13-15H,5-6,8-9,11-12H2,(H,24,25). The number of halogens is 1. The van der Waals surface area contributed by atoms with E-state index in [2.05, 4.69) is 15.2 Å². The minimum atomic E-state index is -0.311. The van der Waals surface area contributed by atoms with Crippen molar-refractivity contribution in [3.63, 3.8) is 0 Å². The summed E-state index contributed by atoms with van der Waals surface area (Å²) < 4.78 is 19.7. The molecule has 2 aliphatic rings. The molecule has 0 amide bonds. The smallest absolute Gasteiger partial charge is 0.172 e. The molecular weight excluding hydrogens is 357 g/mol. The summed E-state index contributed by atoms with van der Waals surface area (Å²) in [5.74, 6) is 1.73. The van der Waals surface area contributed by atoms with Crippen LogP contribution in [0.1, 0.15) is 25.7 Å². The molecule has 3 aromatic rings.